The zero-order valence-electron chi connectivity index (χ0n) is 11.8. The van der Waals surface area contributed by atoms with Gasteiger partial charge in [-0.15, -0.1) is 10.2 Å². The normalized spacial score (nSPS) is 14.3. The summed E-state index contributed by atoms with van der Waals surface area (Å²) in [4.78, 5) is 11.7. The number of nitrogens with zero attached hydrogens (tertiary/aromatic N) is 2. The lowest BCUT2D eigenvalue weighted by atomic mass is 10.1. The smallest absolute Gasteiger partial charge is 0.416 e. The number of alkyl halides is 3. The van der Waals surface area contributed by atoms with Crippen molar-refractivity contribution in [2.75, 3.05) is 5.32 Å². The maximum Gasteiger partial charge on any atom is 0.416 e. The van der Waals surface area contributed by atoms with E-state index in [0.29, 0.717) is 10.8 Å². The van der Waals surface area contributed by atoms with Crippen LogP contribution < -0.4 is 10.6 Å². The molecular formula is C12H13F3N4O3S. The van der Waals surface area contributed by atoms with E-state index < -0.39 is 24.4 Å². The van der Waals surface area contributed by atoms with Gasteiger partial charge in [0, 0.05) is 0 Å². The van der Waals surface area contributed by atoms with E-state index >= 15 is 0 Å². The van der Waals surface area contributed by atoms with Crippen molar-refractivity contribution in [2.45, 2.75) is 31.7 Å². The Morgan fingerprint density at radius 2 is 2.22 bits per heavy atom. The quantitative estimate of drug-likeness (QED) is 0.770. The van der Waals surface area contributed by atoms with E-state index in [1.165, 1.54) is 13.2 Å². The first-order valence-corrected chi connectivity index (χ1v) is 7.32. The summed E-state index contributed by atoms with van der Waals surface area (Å²) in [5.74, 6) is 0.454. The summed E-state index contributed by atoms with van der Waals surface area (Å²) in [6.07, 6.45) is -6.11. The van der Waals surface area contributed by atoms with E-state index in [2.05, 4.69) is 20.8 Å². The number of halogens is 3. The first-order valence-electron chi connectivity index (χ1n) is 6.51. The second-order valence-corrected chi connectivity index (χ2v) is 5.47. The summed E-state index contributed by atoms with van der Waals surface area (Å²) >= 11 is 0.995. The Morgan fingerprint density at radius 1 is 1.48 bits per heavy atom. The first kappa shape index (κ1) is 17.2. The van der Waals surface area contributed by atoms with Gasteiger partial charge in [0.25, 0.3) is 0 Å². The molecule has 7 nitrogen and oxygen atoms in total. The minimum Gasteiger partial charge on any atom is -0.462 e. The summed E-state index contributed by atoms with van der Waals surface area (Å²) in [7, 11) is 0. The van der Waals surface area contributed by atoms with E-state index in [-0.39, 0.29) is 11.6 Å². The Balaban J connectivity index is 1.96. The van der Waals surface area contributed by atoms with Gasteiger partial charge < -0.3 is 14.8 Å². The number of nitrogens with one attached hydrogen (secondary N) is 2. The van der Waals surface area contributed by atoms with Crippen LogP contribution in [-0.4, -0.2) is 39.7 Å². The second kappa shape index (κ2) is 6.96. The molecule has 0 aliphatic carbocycles. The molecule has 0 aromatic carbocycles. The standard InChI is InChI=1S/C12H13F3N4O3S/c1-2-6(8(20)12(13,14)15)16-10(21)17-11-19-18-9(23-11)7-4-3-5-22-7/h3-6,8,20H,2H2,1H3,(H2,16,17,19,21). The fourth-order valence-electron chi connectivity index (χ4n) is 1.71. The number of hydrogen-bond donors (Lipinski definition) is 3. The molecule has 0 radical (unpaired) electrons. The fourth-order valence-corrected chi connectivity index (χ4v) is 2.41. The van der Waals surface area contributed by atoms with Crippen molar-refractivity contribution in [3.8, 4) is 10.8 Å². The molecule has 2 rings (SSSR count). The third-order valence-electron chi connectivity index (χ3n) is 2.85. The van der Waals surface area contributed by atoms with Gasteiger partial charge in [-0.1, -0.05) is 18.3 Å². The molecule has 0 saturated carbocycles. The topological polar surface area (TPSA) is 100 Å². The van der Waals surface area contributed by atoms with Crippen molar-refractivity contribution in [2.24, 2.45) is 0 Å². The van der Waals surface area contributed by atoms with Crippen LogP contribution in [-0.2, 0) is 0 Å². The van der Waals surface area contributed by atoms with Gasteiger partial charge in [0.2, 0.25) is 5.13 Å². The van der Waals surface area contributed by atoms with Crippen LogP contribution in [0, 0.1) is 0 Å². The highest BCUT2D eigenvalue weighted by molar-refractivity contribution is 7.18. The number of amides is 2. The maximum atomic E-state index is 12.5. The number of aromatic nitrogens is 2. The lowest BCUT2D eigenvalue weighted by Crippen LogP contribution is -2.50. The number of hydrogen-bond acceptors (Lipinski definition) is 6. The third-order valence-corrected chi connectivity index (χ3v) is 3.70. The lowest BCUT2D eigenvalue weighted by Gasteiger charge is -2.24. The molecule has 0 aliphatic rings. The van der Waals surface area contributed by atoms with Crippen LogP contribution >= 0.6 is 11.3 Å². The lowest BCUT2D eigenvalue weighted by molar-refractivity contribution is -0.211. The van der Waals surface area contributed by atoms with Crippen molar-refractivity contribution in [3.05, 3.63) is 18.4 Å². The second-order valence-electron chi connectivity index (χ2n) is 4.49. The van der Waals surface area contributed by atoms with Crippen LogP contribution in [0.3, 0.4) is 0 Å². The molecule has 126 valence electrons. The Kier molecular flexibility index (Phi) is 5.21. The molecule has 2 heterocycles. The number of urea groups is 1. The predicted molar refractivity (Wildman–Crippen MR) is 75.9 cm³/mol. The van der Waals surface area contributed by atoms with Crippen LogP contribution in [0.25, 0.3) is 10.8 Å². The Morgan fingerprint density at radius 3 is 2.78 bits per heavy atom. The highest BCUT2D eigenvalue weighted by Gasteiger charge is 2.43. The number of carbonyl (C=O) groups excluding carboxylic acids is 1. The predicted octanol–water partition coefficient (Wildman–Crippen LogP) is 2.62. The number of aliphatic hydroxyl groups is 1. The van der Waals surface area contributed by atoms with Crippen LogP contribution in [0.5, 0.6) is 0 Å². The van der Waals surface area contributed by atoms with Crippen molar-refractivity contribution < 1.29 is 27.5 Å². The Labute approximate surface area is 132 Å². The van der Waals surface area contributed by atoms with E-state index in [1.54, 1.807) is 12.1 Å². The number of aliphatic hydroxyl groups excluding tert-OH is 1. The number of anilines is 1. The highest BCUT2D eigenvalue weighted by Crippen LogP contribution is 2.27. The van der Waals surface area contributed by atoms with Crippen LogP contribution in [0.15, 0.2) is 22.8 Å². The highest BCUT2D eigenvalue weighted by atomic mass is 32.1. The van der Waals surface area contributed by atoms with Gasteiger partial charge >= 0.3 is 12.2 Å². The van der Waals surface area contributed by atoms with E-state index in [4.69, 9.17) is 4.42 Å². The molecule has 2 atom stereocenters. The van der Waals surface area contributed by atoms with E-state index in [0.717, 1.165) is 11.3 Å². The zero-order valence-corrected chi connectivity index (χ0v) is 12.6. The van der Waals surface area contributed by atoms with Gasteiger partial charge in [0.1, 0.15) is 0 Å². The van der Waals surface area contributed by atoms with Gasteiger partial charge in [-0.05, 0) is 18.6 Å². The average molecular weight is 350 g/mol. The van der Waals surface area contributed by atoms with E-state index in [1.807, 2.05) is 0 Å². The molecule has 0 bridgehead atoms. The SMILES string of the molecule is CCC(NC(=O)Nc1nnc(-c2ccco2)s1)C(O)C(F)(F)F. The minimum absolute atomic E-state index is 0.0882. The molecule has 2 aromatic heterocycles. The summed E-state index contributed by atoms with van der Waals surface area (Å²) in [5.41, 5.74) is 0. The fraction of sp³-hybridized carbons (Fsp3) is 0.417. The van der Waals surface area contributed by atoms with Gasteiger partial charge in [-0.25, -0.2) is 4.79 Å². The molecule has 2 aromatic rings. The summed E-state index contributed by atoms with van der Waals surface area (Å²) in [5, 5.41) is 21.5. The van der Waals surface area contributed by atoms with Gasteiger partial charge in [0.15, 0.2) is 16.9 Å². The largest absolute Gasteiger partial charge is 0.462 e. The van der Waals surface area contributed by atoms with E-state index in [9.17, 15) is 23.1 Å². The number of rotatable bonds is 5. The summed E-state index contributed by atoms with van der Waals surface area (Å²) in [6, 6.07) is 0.924. The molecule has 3 N–H and O–H groups in total. The zero-order chi connectivity index (χ0) is 17.0. The van der Waals surface area contributed by atoms with Crippen LogP contribution in [0.1, 0.15) is 13.3 Å². The molecule has 2 amide bonds. The molecular weight excluding hydrogens is 337 g/mol. The molecule has 0 fully saturated rings. The first-order chi connectivity index (χ1) is 10.8. The molecule has 0 spiro atoms. The van der Waals surface area contributed by atoms with Crippen molar-refractivity contribution in [3.63, 3.8) is 0 Å². The minimum atomic E-state index is -4.82. The molecule has 0 saturated heterocycles. The molecule has 0 aliphatic heterocycles. The molecule has 11 heteroatoms. The van der Waals surface area contributed by atoms with Crippen molar-refractivity contribution in [1.82, 2.24) is 15.5 Å². The Bertz CT molecular complexity index is 644. The van der Waals surface area contributed by atoms with Crippen molar-refractivity contribution in [1.29, 1.82) is 0 Å². The maximum absolute atomic E-state index is 12.5. The van der Waals surface area contributed by atoms with Gasteiger partial charge in [0.05, 0.1) is 12.3 Å². The molecule has 23 heavy (non-hydrogen) atoms. The van der Waals surface area contributed by atoms with Gasteiger partial charge in [-0.2, -0.15) is 13.2 Å². The van der Waals surface area contributed by atoms with Crippen LogP contribution in [0.2, 0.25) is 0 Å². The summed E-state index contributed by atoms with van der Waals surface area (Å²) in [6.45, 7) is 1.42. The average Bonchev–Trinajstić information content (AvgIpc) is 3.13. The number of carbonyl (C=O) groups is 1. The Hall–Kier alpha value is -2.14. The van der Waals surface area contributed by atoms with Crippen molar-refractivity contribution >= 4 is 22.5 Å². The third kappa shape index (κ3) is 4.42. The van der Waals surface area contributed by atoms with Gasteiger partial charge in [-0.3, -0.25) is 5.32 Å². The van der Waals surface area contributed by atoms with Crippen LogP contribution in [0.4, 0.5) is 23.1 Å². The number of furan rings is 1. The summed E-state index contributed by atoms with van der Waals surface area (Å²) < 4.78 is 42.5. The monoisotopic (exact) mass is 350 g/mol. The molecule has 2 unspecified atom stereocenters.